The van der Waals surface area contributed by atoms with Gasteiger partial charge in [-0.1, -0.05) is 12.1 Å². The number of rotatable bonds is 12. The first kappa shape index (κ1) is 25.4. The van der Waals surface area contributed by atoms with Crippen LogP contribution in [-0.4, -0.2) is 60.4 Å². The third kappa shape index (κ3) is 10.1. The molecule has 0 fully saturated rings. The van der Waals surface area contributed by atoms with E-state index in [1.807, 2.05) is 24.3 Å². The van der Waals surface area contributed by atoms with Crippen molar-refractivity contribution in [1.29, 1.82) is 0 Å². The molecule has 0 radical (unpaired) electrons. The number of Topliss-reactive ketones (excluding diaryl/α,β-unsaturated/α-hetero) is 2. The maximum atomic E-state index is 12.1. The number of thioether (sulfide) groups is 1. The van der Waals surface area contributed by atoms with Crippen LogP contribution in [0, 0.1) is 3.57 Å². The fourth-order valence-corrected chi connectivity index (χ4v) is 3.58. The van der Waals surface area contributed by atoms with E-state index in [1.165, 1.54) is 25.8 Å². The Labute approximate surface area is 187 Å². The van der Waals surface area contributed by atoms with Crippen LogP contribution in [-0.2, 0) is 29.6 Å². The third-order valence-electron chi connectivity index (χ3n) is 3.86. The van der Waals surface area contributed by atoms with Gasteiger partial charge in [0.05, 0.1) is 13.2 Å². The molecule has 0 heterocycles. The lowest BCUT2D eigenvalue weighted by molar-refractivity contribution is -0.140. The number of hydrogen-bond acceptors (Lipinski definition) is 8. The predicted molar refractivity (Wildman–Crippen MR) is 117 cm³/mol. The summed E-state index contributed by atoms with van der Waals surface area (Å²) in [5.41, 5.74) is 1.05. The fraction of sp³-hybridized carbons (Fsp3) is 0.474. The highest BCUT2D eigenvalue weighted by Gasteiger charge is 2.25. The van der Waals surface area contributed by atoms with E-state index in [2.05, 4.69) is 32.6 Å². The molecule has 0 saturated carbocycles. The van der Waals surface area contributed by atoms with Crippen LogP contribution in [0.15, 0.2) is 24.3 Å². The number of methoxy groups -OCH3 is 1. The van der Waals surface area contributed by atoms with Crippen molar-refractivity contribution < 1.29 is 33.8 Å². The third-order valence-corrected chi connectivity index (χ3v) is 5.66. The summed E-state index contributed by atoms with van der Waals surface area (Å²) in [5, 5.41) is 11.5. The number of halogens is 1. The summed E-state index contributed by atoms with van der Waals surface area (Å²) in [6.45, 7) is 0.510. The summed E-state index contributed by atoms with van der Waals surface area (Å²) in [6.07, 6.45) is -2.11. The number of alkyl carbamates (subject to hydrolysis) is 1. The van der Waals surface area contributed by atoms with Gasteiger partial charge in [-0.3, -0.25) is 14.4 Å². The molecule has 1 amide bonds. The van der Waals surface area contributed by atoms with Crippen LogP contribution in [0.2, 0.25) is 0 Å². The topological polar surface area (TPSA) is 119 Å². The molecule has 2 atom stereocenters. The van der Waals surface area contributed by atoms with Gasteiger partial charge in [0.15, 0.2) is 17.7 Å². The lowest BCUT2D eigenvalue weighted by atomic mass is 10.1. The fourth-order valence-electron chi connectivity index (χ4n) is 2.21. The first-order valence-corrected chi connectivity index (χ1v) is 11.0. The summed E-state index contributed by atoms with van der Waals surface area (Å²) in [4.78, 5) is 46.9. The van der Waals surface area contributed by atoms with E-state index in [-0.39, 0.29) is 24.4 Å². The van der Waals surface area contributed by atoms with Gasteiger partial charge in [-0.15, -0.1) is 0 Å². The minimum atomic E-state index is -1.15. The molecule has 1 aromatic rings. The van der Waals surface area contributed by atoms with Gasteiger partial charge in [-0.05, 0) is 53.6 Å². The summed E-state index contributed by atoms with van der Waals surface area (Å²) in [5.74, 6) is -0.738. The molecule has 0 aromatic heterocycles. The van der Waals surface area contributed by atoms with E-state index >= 15 is 0 Å². The molecule has 160 valence electrons. The Morgan fingerprint density at radius 3 is 2.41 bits per heavy atom. The van der Waals surface area contributed by atoms with Crippen molar-refractivity contribution >= 4 is 58.0 Å². The van der Waals surface area contributed by atoms with Crippen molar-refractivity contribution in [2.24, 2.45) is 0 Å². The Bertz CT molecular complexity index is 711. The minimum Gasteiger partial charge on any atom is -0.469 e. The molecule has 0 aliphatic heterocycles. The SMILES string of the molecule is COC(=O)CC[C@H](NC(=O)O[C@@H](CSCc1ccc([125I])cc1)C(=O)CO)C(C)=O. The number of hydrogen-bond donors (Lipinski definition) is 2. The highest BCUT2D eigenvalue weighted by Crippen LogP contribution is 2.16. The minimum absolute atomic E-state index is 0.0497. The second-order valence-corrected chi connectivity index (χ2v) is 8.36. The van der Waals surface area contributed by atoms with Crippen LogP contribution in [0.1, 0.15) is 25.3 Å². The number of nitrogens with one attached hydrogen (secondary N) is 1. The van der Waals surface area contributed by atoms with Crippen LogP contribution in [0.4, 0.5) is 4.79 Å². The molecular formula is C19H24INO7S. The monoisotopic (exact) mass is 535 g/mol. The van der Waals surface area contributed by atoms with Crippen molar-refractivity contribution in [3.05, 3.63) is 33.4 Å². The van der Waals surface area contributed by atoms with Gasteiger partial charge >= 0.3 is 12.1 Å². The van der Waals surface area contributed by atoms with Gasteiger partial charge in [-0.25, -0.2) is 4.79 Å². The normalized spacial score (nSPS) is 12.6. The number of carbonyl (C=O) groups excluding carboxylic acids is 4. The molecule has 1 rings (SSSR count). The summed E-state index contributed by atoms with van der Waals surface area (Å²) in [6, 6.07) is 6.92. The first-order chi connectivity index (χ1) is 13.8. The van der Waals surface area contributed by atoms with Gasteiger partial charge < -0.3 is 19.9 Å². The number of esters is 1. The average Bonchev–Trinajstić information content (AvgIpc) is 2.70. The average molecular weight is 535 g/mol. The maximum Gasteiger partial charge on any atom is 0.408 e. The van der Waals surface area contributed by atoms with E-state index in [0.717, 1.165) is 9.13 Å². The molecule has 1 aromatic carbocycles. The smallest absolute Gasteiger partial charge is 0.408 e. The largest absolute Gasteiger partial charge is 0.469 e. The summed E-state index contributed by atoms with van der Waals surface area (Å²) >= 11 is 3.58. The number of ketones is 2. The Morgan fingerprint density at radius 1 is 1.21 bits per heavy atom. The number of aliphatic hydroxyl groups excluding tert-OH is 1. The van der Waals surface area contributed by atoms with Crippen molar-refractivity contribution in [2.75, 3.05) is 19.5 Å². The first-order valence-electron chi connectivity index (χ1n) is 8.77. The lowest BCUT2D eigenvalue weighted by Gasteiger charge is -2.19. The quantitative estimate of drug-likeness (QED) is 0.309. The Kier molecular flexibility index (Phi) is 11.9. The zero-order chi connectivity index (χ0) is 21.8. The predicted octanol–water partition coefficient (Wildman–Crippen LogP) is 2.09. The second kappa shape index (κ2) is 13.5. The van der Waals surface area contributed by atoms with Gasteiger partial charge in [0, 0.05) is 21.5 Å². The van der Waals surface area contributed by atoms with Crippen molar-refractivity contribution in [3.8, 4) is 0 Å². The number of benzene rings is 1. The Hall–Kier alpha value is -1.66. The highest BCUT2D eigenvalue weighted by atomic mass is 125. The van der Waals surface area contributed by atoms with Gasteiger partial charge in [-0.2, -0.15) is 11.8 Å². The van der Waals surface area contributed by atoms with Crippen molar-refractivity contribution in [3.63, 3.8) is 0 Å². The van der Waals surface area contributed by atoms with Crippen molar-refractivity contribution in [2.45, 2.75) is 37.7 Å². The standard InChI is InChI=1S/C19H24INO7S/c1-12(23)15(7-8-18(25)27-2)21-19(26)28-17(16(24)9-22)11-29-10-13-3-5-14(20)6-4-13/h3-6,15,17,22H,7-11H2,1-2H3,(H,21,26)/t15-,17-/m0/s1/i20-2. The van der Waals surface area contributed by atoms with Gasteiger partial charge in [0.2, 0.25) is 0 Å². The number of ether oxygens (including phenoxy) is 2. The molecule has 0 spiro atoms. The maximum absolute atomic E-state index is 12.1. The molecule has 0 unspecified atom stereocenters. The zero-order valence-electron chi connectivity index (χ0n) is 16.2. The lowest BCUT2D eigenvalue weighted by Crippen LogP contribution is -2.43. The summed E-state index contributed by atoms with van der Waals surface area (Å²) in [7, 11) is 1.23. The highest BCUT2D eigenvalue weighted by molar-refractivity contribution is 14.1. The molecular weight excluding hydrogens is 511 g/mol. The molecule has 10 heteroatoms. The molecule has 29 heavy (non-hydrogen) atoms. The number of amides is 1. The molecule has 0 bridgehead atoms. The second-order valence-electron chi connectivity index (χ2n) is 6.08. The van der Waals surface area contributed by atoms with E-state index in [4.69, 9.17) is 9.84 Å². The van der Waals surface area contributed by atoms with Crippen LogP contribution in [0.25, 0.3) is 0 Å². The van der Waals surface area contributed by atoms with Gasteiger partial charge in [0.25, 0.3) is 0 Å². The van der Waals surface area contributed by atoms with Crippen molar-refractivity contribution in [1.82, 2.24) is 5.32 Å². The van der Waals surface area contributed by atoms with Crippen LogP contribution < -0.4 is 5.32 Å². The number of carbonyl (C=O) groups is 4. The van der Waals surface area contributed by atoms with Crippen LogP contribution in [0.3, 0.4) is 0 Å². The molecule has 0 saturated heterocycles. The summed E-state index contributed by atoms with van der Waals surface area (Å²) < 4.78 is 10.7. The van der Waals surface area contributed by atoms with E-state index in [9.17, 15) is 19.2 Å². The zero-order valence-corrected chi connectivity index (χ0v) is 19.2. The number of aliphatic hydroxyl groups is 1. The molecule has 8 nitrogen and oxygen atoms in total. The van der Waals surface area contributed by atoms with E-state index in [1.54, 1.807) is 0 Å². The van der Waals surface area contributed by atoms with Crippen LogP contribution >= 0.6 is 34.4 Å². The van der Waals surface area contributed by atoms with Crippen LogP contribution in [0.5, 0.6) is 0 Å². The van der Waals surface area contributed by atoms with E-state index < -0.39 is 36.6 Å². The van der Waals surface area contributed by atoms with Gasteiger partial charge in [0.1, 0.15) is 6.61 Å². The Balaban J connectivity index is 2.59. The van der Waals surface area contributed by atoms with E-state index in [0.29, 0.717) is 5.75 Å². The molecule has 0 aliphatic rings. The molecule has 2 N–H and O–H groups in total. The molecule has 0 aliphatic carbocycles. The Morgan fingerprint density at radius 2 is 1.86 bits per heavy atom.